The first-order valence-corrected chi connectivity index (χ1v) is 10.7. The van der Waals surface area contributed by atoms with E-state index in [9.17, 15) is 13.2 Å². The second-order valence-corrected chi connectivity index (χ2v) is 8.51. The summed E-state index contributed by atoms with van der Waals surface area (Å²) in [5.41, 5.74) is 1.61. The average molecular weight is 409 g/mol. The molecule has 2 aromatic carbocycles. The van der Waals surface area contributed by atoms with Crippen molar-refractivity contribution in [3.05, 3.63) is 83.2 Å². The van der Waals surface area contributed by atoms with Crippen molar-refractivity contribution in [3.63, 3.8) is 0 Å². The maximum atomic E-state index is 12.8. The first-order chi connectivity index (χ1) is 13.5. The number of sulfonamides is 1. The van der Waals surface area contributed by atoms with Crippen molar-refractivity contribution in [3.8, 4) is 0 Å². The van der Waals surface area contributed by atoms with Crippen molar-refractivity contribution in [1.82, 2.24) is 4.98 Å². The fraction of sp³-hybridized carbons (Fsp3) is 0. The molecule has 0 aliphatic rings. The zero-order chi connectivity index (χ0) is 19.6. The van der Waals surface area contributed by atoms with Crippen LogP contribution in [0.25, 0.3) is 10.9 Å². The van der Waals surface area contributed by atoms with Crippen molar-refractivity contribution in [2.45, 2.75) is 4.90 Å². The van der Waals surface area contributed by atoms with Gasteiger partial charge in [0.2, 0.25) is 0 Å². The number of thiophene rings is 1. The number of fused-ring (bicyclic) bond motifs is 1. The topological polar surface area (TPSA) is 88.2 Å². The van der Waals surface area contributed by atoms with Gasteiger partial charge in [-0.2, -0.15) is 0 Å². The molecule has 0 radical (unpaired) electrons. The number of anilines is 2. The molecule has 4 rings (SSSR count). The third-order valence-corrected chi connectivity index (χ3v) is 6.36. The molecule has 0 aliphatic carbocycles. The second-order valence-electron chi connectivity index (χ2n) is 5.91. The Hall–Kier alpha value is -3.23. The molecule has 0 fully saturated rings. The van der Waals surface area contributed by atoms with Gasteiger partial charge in [-0.3, -0.25) is 14.5 Å². The molecule has 140 valence electrons. The molecule has 0 bridgehead atoms. The van der Waals surface area contributed by atoms with Crippen LogP contribution < -0.4 is 10.0 Å². The van der Waals surface area contributed by atoms with Crippen molar-refractivity contribution >= 4 is 49.5 Å². The fourth-order valence-corrected chi connectivity index (χ4v) is 4.66. The Morgan fingerprint density at radius 2 is 1.71 bits per heavy atom. The molecular weight excluding hydrogens is 394 g/mol. The lowest BCUT2D eigenvalue weighted by molar-refractivity contribution is 0.103. The predicted molar refractivity (Wildman–Crippen MR) is 111 cm³/mol. The summed E-state index contributed by atoms with van der Waals surface area (Å²) in [4.78, 5) is 17.5. The van der Waals surface area contributed by atoms with Crippen LogP contribution >= 0.6 is 11.3 Å². The van der Waals surface area contributed by atoms with Crippen molar-refractivity contribution in [2.75, 3.05) is 10.0 Å². The standard InChI is InChI=1S/C20H15N3O3S2/c24-20(22-17-10-4-9-16-15(17)8-5-12-21-16)19-18(11-13-27-19)23-28(25,26)14-6-2-1-3-7-14/h1-13,23H,(H,22,24). The maximum absolute atomic E-state index is 12.8. The number of carbonyl (C=O) groups is 1. The molecule has 0 atom stereocenters. The minimum absolute atomic E-state index is 0.132. The molecule has 1 amide bonds. The van der Waals surface area contributed by atoms with Crippen LogP contribution in [0.3, 0.4) is 0 Å². The first-order valence-electron chi connectivity index (χ1n) is 8.35. The highest BCUT2D eigenvalue weighted by Crippen LogP contribution is 2.28. The van der Waals surface area contributed by atoms with E-state index in [1.165, 1.54) is 12.1 Å². The van der Waals surface area contributed by atoms with Gasteiger partial charge in [-0.05, 0) is 47.8 Å². The van der Waals surface area contributed by atoms with Gasteiger partial charge in [0.05, 0.1) is 21.8 Å². The zero-order valence-electron chi connectivity index (χ0n) is 14.5. The van der Waals surface area contributed by atoms with E-state index in [4.69, 9.17) is 0 Å². The molecular formula is C20H15N3O3S2. The van der Waals surface area contributed by atoms with Crippen LogP contribution in [0, 0.1) is 0 Å². The highest BCUT2D eigenvalue weighted by Gasteiger charge is 2.20. The molecule has 0 saturated carbocycles. The number of nitrogens with one attached hydrogen (secondary N) is 2. The van der Waals surface area contributed by atoms with Crippen LogP contribution in [0.2, 0.25) is 0 Å². The Bertz CT molecular complexity index is 1250. The largest absolute Gasteiger partial charge is 0.321 e. The van der Waals surface area contributed by atoms with Gasteiger partial charge in [-0.15, -0.1) is 11.3 Å². The molecule has 2 N–H and O–H groups in total. The number of benzene rings is 2. The van der Waals surface area contributed by atoms with Gasteiger partial charge in [0.15, 0.2) is 0 Å². The minimum Gasteiger partial charge on any atom is -0.321 e. The van der Waals surface area contributed by atoms with Crippen LogP contribution in [0.5, 0.6) is 0 Å². The Kier molecular flexibility index (Phi) is 4.81. The van der Waals surface area contributed by atoms with Crippen LogP contribution in [0.1, 0.15) is 9.67 Å². The van der Waals surface area contributed by atoms with Gasteiger partial charge >= 0.3 is 0 Å². The number of pyridine rings is 1. The summed E-state index contributed by atoms with van der Waals surface area (Å²) < 4.78 is 27.6. The molecule has 6 nitrogen and oxygen atoms in total. The van der Waals surface area contributed by atoms with Crippen molar-refractivity contribution in [2.24, 2.45) is 0 Å². The lowest BCUT2D eigenvalue weighted by Crippen LogP contribution is -2.17. The summed E-state index contributed by atoms with van der Waals surface area (Å²) in [6, 6.07) is 18.7. The van der Waals surface area contributed by atoms with Crippen LogP contribution in [0.4, 0.5) is 11.4 Å². The van der Waals surface area contributed by atoms with Crippen LogP contribution in [-0.2, 0) is 10.0 Å². The lowest BCUT2D eigenvalue weighted by atomic mass is 10.2. The Labute approximate surface area is 165 Å². The quantitative estimate of drug-likeness (QED) is 0.513. The average Bonchev–Trinajstić information content (AvgIpc) is 3.16. The van der Waals surface area contributed by atoms with Gasteiger partial charge in [0.25, 0.3) is 15.9 Å². The molecule has 0 saturated heterocycles. The van der Waals surface area contributed by atoms with Gasteiger partial charge in [-0.1, -0.05) is 24.3 Å². The normalized spacial score (nSPS) is 11.3. The van der Waals surface area contributed by atoms with Gasteiger partial charge in [0.1, 0.15) is 4.88 Å². The molecule has 0 spiro atoms. The number of amides is 1. The van der Waals surface area contributed by atoms with Crippen LogP contribution in [0.15, 0.2) is 83.2 Å². The third kappa shape index (κ3) is 3.60. The van der Waals surface area contributed by atoms with Gasteiger partial charge in [0, 0.05) is 11.6 Å². The Morgan fingerprint density at radius 1 is 0.893 bits per heavy atom. The third-order valence-electron chi connectivity index (χ3n) is 4.06. The number of hydrogen-bond acceptors (Lipinski definition) is 5. The summed E-state index contributed by atoms with van der Waals surface area (Å²) in [5.74, 6) is -0.392. The second kappa shape index (κ2) is 7.41. The van der Waals surface area contributed by atoms with Gasteiger partial charge < -0.3 is 5.32 Å². The summed E-state index contributed by atoms with van der Waals surface area (Å²) in [6.07, 6.45) is 1.68. The van der Waals surface area contributed by atoms with E-state index in [1.807, 2.05) is 12.1 Å². The monoisotopic (exact) mass is 409 g/mol. The van der Waals surface area contributed by atoms with E-state index in [0.29, 0.717) is 5.69 Å². The van der Waals surface area contributed by atoms with E-state index < -0.39 is 15.9 Å². The highest BCUT2D eigenvalue weighted by molar-refractivity contribution is 7.92. The molecule has 2 heterocycles. The molecule has 2 aromatic heterocycles. The SMILES string of the molecule is O=C(Nc1cccc2ncccc12)c1sccc1NS(=O)(=O)c1ccccc1. The summed E-state index contributed by atoms with van der Waals surface area (Å²) in [6.45, 7) is 0. The summed E-state index contributed by atoms with van der Waals surface area (Å²) >= 11 is 1.16. The summed E-state index contributed by atoms with van der Waals surface area (Å²) in [5, 5.41) is 5.33. The van der Waals surface area contributed by atoms with Crippen molar-refractivity contribution in [1.29, 1.82) is 0 Å². The minimum atomic E-state index is -3.78. The van der Waals surface area contributed by atoms with E-state index in [2.05, 4.69) is 15.0 Å². The van der Waals surface area contributed by atoms with Crippen LogP contribution in [-0.4, -0.2) is 19.3 Å². The van der Waals surface area contributed by atoms with E-state index in [-0.39, 0.29) is 15.5 Å². The van der Waals surface area contributed by atoms with E-state index in [1.54, 1.807) is 54.0 Å². The van der Waals surface area contributed by atoms with E-state index >= 15 is 0 Å². The molecule has 4 aromatic rings. The highest BCUT2D eigenvalue weighted by atomic mass is 32.2. The van der Waals surface area contributed by atoms with Crippen molar-refractivity contribution < 1.29 is 13.2 Å². The Morgan fingerprint density at radius 3 is 2.54 bits per heavy atom. The van der Waals surface area contributed by atoms with Gasteiger partial charge in [-0.25, -0.2) is 8.42 Å². The zero-order valence-corrected chi connectivity index (χ0v) is 16.1. The molecule has 0 aliphatic heterocycles. The molecule has 8 heteroatoms. The number of carbonyl (C=O) groups excluding carboxylic acids is 1. The lowest BCUT2D eigenvalue weighted by Gasteiger charge is -2.10. The maximum Gasteiger partial charge on any atom is 0.267 e. The first kappa shape index (κ1) is 18.1. The number of rotatable bonds is 5. The predicted octanol–water partition coefficient (Wildman–Crippen LogP) is 4.35. The summed E-state index contributed by atoms with van der Waals surface area (Å²) in [7, 11) is -3.78. The number of aromatic nitrogens is 1. The molecule has 28 heavy (non-hydrogen) atoms. The Balaban J connectivity index is 1.61. The fourth-order valence-electron chi connectivity index (χ4n) is 2.76. The molecule has 0 unspecified atom stereocenters. The van der Waals surface area contributed by atoms with E-state index in [0.717, 1.165) is 22.2 Å². The smallest absolute Gasteiger partial charge is 0.267 e. The number of nitrogens with zero attached hydrogens (tertiary/aromatic N) is 1. The number of hydrogen-bond donors (Lipinski definition) is 2.